The van der Waals surface area contributed by atoms with Crippen LogP contribution in [0.3, 0.4) is 0 Å². The number of nitrogens with zero attached hydrogens (tertiary/aromatic N) is 2. The number of aromatic amines is 1. The van der Waals surface area contributed by atoms with E-state index >= 15 is 0 Å². The van der Waals surface area contributed by atoms with Crippen molar-refractivity contribution in [2.24, 2.45) is 0 Å². The van der Waals surface area contributed by atoms with Crippen molar-refractivity contribution in [2.75, 3.05) is 10.8 Å². The minimum atomic E-state index is -3.82. The van der Waals surface area contributed by atoms with E-state index in [0.29, 0.717) is 28.1 Å². The second-order valence-corrected chi connectivity index (χ2v) is 9.80. The highest BCUT2D eigenvalue weighted by molar-refractivity contribution is 7.92. The Kier molecular flexibility index (Phi) is 4.37. The van der Waals surface area contributed by atoms with Crippen LogP contribution in [0.4, 0.5) is 5.69 Å². The van der Waals surface area contributed by atoms with Gasteiger partial charge in [0.2, 0.25) is 0 Å². The van der Waals surface area contributed by atoms with Crippen LogP contribution in [0.25, 0.3) is 15.9 Å². The Hall–Kier alpha value is -3.17. The summed E-state index contributed by atoms with van der Waals surface area (Å²) < 4.78 is 29.7. The Bertz CT molecular complexity index is 1500. The Morgan fingerprint density at radius 3 is 2.70 bits per heavy atom. The molecule has 0 radical (unpaired) electrons. The molecule has 30 heavy (non-hydrogen) atoms. The second kappa shape index (κ2) is 6.96. The Morgan fingerprint density at radius 1 is 1.00 bits per heavy atom. The fourth-order valence-electron chi connectivity index (χ4n) is 3.85. The predicted octanol–water partition coefficient (Wildman–Crippen LogP) is 2.88. The van der Waals surface area contributed by atoms with Gasteiger partial charge in [-0.3, -0.25) is 18.7 Å². The SMILES string of the molecule is O=c1[nH]c(=O)n(-c2cccc(S(=O)(=O)N3CCCc4ccccc43)c2)c2sccc12. The zero-order chi connectivity index (χ0) is 20.9. The maximum absolute atomic E-state index is 13.5. The molecule has 0 bridgehead atoms. The average Bonchev–Trinajstić information content (AvgIpc) is 3.23. The van der Waals surface area contributed by atoms with Gasteiger partial charge in [-0.1, -0.05) is 24.3 Å². The molecule has 1 aliphatic rings. The van der Waals surface area contributed by atoms with Gasteiger partial charge in [-0.15, -0.1) is 11.3 Å². The number of benzene rings is 2. The molecule has 2 aromatic carbocycles. The number of aromatic nitrogens is 2. The molecule has 9 heteroatoms. The van der Waals surface area contributed by atoms with Crippen LogP contribution < -0.4 is 15.6 Å². The van der Waals surface area contributed by atoms with Gasteiger partial charge in [-0.2, -0.15) is 0 Å². The summed E-state index contributed by atoms with van der Waals surface area (Å²) in [5.74, 6) is 0. The highest BCUT2D eigenvalue weighted by atomic mass is 32.2. The minimum absolute atomic E-state index is 0.0968. The van der Waals surface area contributed by atoms with E-state index in [0.717, 1.165) is 18.4 Å². The number of hydrogen-bond donors (Lipinski definition) is 1. The van der Waals surface area contributed by atoms with E-state index in [1.54, 1.807) is 23.6 Å². The lowest BCUT2D eigenvalue weighted by molar-refractivity contribution is 0.586. The molecule has 2 aromatic heterocycles. The summed E-state index contributed by atoms with van der Waals surface area (Å²) in [5.41, 5.74) is 1.01. The van der Waals surface area contributed by atoms with Crippen LogP contribution in [0.15, 0.2) is 74.5 Å². The first-order chi connectivity index (χ1) is 14.5. The smallest absolute Gasteiger partial charge is 0.273 e. The van der Waals surface area contributed by atoms with Gasteiger partial charge in [-0.25, -0.2) is 13.2 Å². The van der Waals surface area contributed by atoms with Crippen LogP contribution >= 0.6 is 11.3 Å². The number of aryl methyl sites for hydroxylation is 1. The molecule has 0 saturated carbocycles. The van der Waals surface area contributed by atoms with Crippen molar-refractivity contribution < 1.29 is 8.42 Å². The molecule has 0 amide bonds. The van der Waals surface area contributed by atoms with Gasteiger partial charge in [-0.05, 0) is 54.1 Å². The third-order valence-corrected chi connectivity index (χ3v) is 7.95. The maximum Gasteiger partial charge on any atom is 0.334 e. The van der Waals surface area contributed by atoms with Gasteiger partial charge >= 0.3 is 5.69 Å². The Labute approximate surface area is 175 Å². The molecule has 0 fully saturated rings. The van der Waals surface area contributed by atoms with Crippen molar-refractivity contribution in [3.63, 3.8) is 0 Å². The first kappa shape index (κ1) is 18.8. The first-order valence-corrected chi connectivity index (χ1v) is 11.7. The standard InChI is InChI=1S/C21H17N3O4S2/c25-19-17-10-12-29-20(17)24(21(26)22-19)15-7-3-8-16(13-15)30(27,28)23-11-4-6-14-5-1-2-9-18(14)23/h1-3,5,7-10,12-13H,4,6,11H2,(H,22,25,26). The van der Waals surface area contributed by atoms with Crippen molar-refractivity contribution >= 4 is 37.3 Å². The van der Waals surface area contributed by atoms with Gasteiger partial charge < -0.3 is 0 Å². The van der Waals surface area contributed by atoms with E-state index in [1.807, 2.05) is 24.3 Å². The van der Waals surface area contributed by atoms with Crippen molar-refractivity contribution in [2.45, 2.75) is 17.7 Å². The van der Waals surface area contributed by atoms with Crippen LogP contribution in [0.1, 0.15) is 12.0 Å². The summed E-state index contributed by atoms with van der Waals surface area (Å²) in [6.07, 6.45) is 1.58. The minimum Gasteiger partial charge on any atom is -0.273 e. The molecule has 4 aromatic rings. The van der Waals surface area contributed by atoms with Gasteiger partial charge in [0.1, 0.15) is 4.83 Å². The number of rotatable bonds is 3. The molecule has 0 unspecified atom stereocenters. The largest absolute Gasteiger partial charge is 0.334 e. The van der Waals surface area contributed by atoms with Gasteiger partial charge in [0.25, 0.3) is 15.6 Å². The van der Waals surface area contributed by atoms with Crippen LogP contribution in [0.5, 0.6) is 0 Å². The molecular weight excluding hydrogens is 422 g/mol. The number of para-hydroxylation sites is 1. The van der Waals surface area contributed by atoms with Crippen LogP contribution in [0, 0.1) is 0 Å². The molecule has 0 aliphatic carbocycles. The van der Waals surface area contributed by atoms with E-state index in [-0.39, 0.29) is 4.90 Å². The molecular formula is C21H17N3O4S2. The number of anilines is 1. The fourth-order valence-corrected chi connectivity index (χ4v) is 6.35. The molecule has 3 heterocycles. The molecule has 0 spiro atoms. The third kappa shape index (κ3) is 2.89. The quantitative estimate of drug-likeness (QED) is 0.531. The van der Waals surface area contributed by atoms with Gasteiger partial charge in [0, 0.05) is 6.54 Å². The van der Waals surface area contributed by atoms with Gasteiger partial charge in [0.05, 0.1) is 21.7 Å². The zero-order valence-electron chi connectivity index (χ0n) is 15.7. The van der Waals surface area contributed by atoms with Crippen molar-refractivity contribution in [3.8, 4) is 5.69 Å². The first-order valence-electron chi connectivity index (χ1n) is 9.40. The molecule has 1 aliphatic heterocycles. The van der Waals surface area contributed by atoms with E-state index in [2.05, 4.69) is 4.98 Å². The highest BCUT2D eigenvalue weighted by Gasteiger charge is 2.29. The summed E-state index contributed by atoms with van der Waals surface area (Å²) in [7, 11) is -3.82. The van der Waals surface area contributed by atoms with E-state index in [1.165, 1.54) is 32.3 Å². The molecule has 0 saturated heterocycles. The van der Waals surface area contributed by atoms with E-state index in [9.17, 15) is 18.0 Å². The number of H-pyrrole nitrogens is 1. The molecule has 0 atom stereocenters. The molecule has 152 valence electrons. The van der Waals surface area contributed by atoms with Crippen LogP contribution in [-0.4, -0.2) is 24.5 Å². The maximum atomic E-state index is 13.5. The molecule has 5 rings (SSSR count). The lowest BCUT2D eigenvalue weighted by Crippen LogP contribution is -2.35. The summed E-state index contributed by atoms with van der Waals surface area (Å²) in [4.78, 5) is 27.4. The zero-order valence-corrected chi connectivity index (χ0v) is 17.4. The van der Waals surface area contributed by atoms with Crippen molar-refractivity contribution in [1.29, 1.82) is 0 Å². The summed E-state index contributed by atoms with van der Waals surface area (Å²) in [6, 6.07) is 15.4. The number of sulfonamides is 1. The topological polar surface area (TPSA) is 92.2 Å². The summed E-state index contributed by atoms with van der Waals surface area (Å²) in [6.45, 7) is 0.400. The lowest BCUT2D eigenvalue weighted by atomic mass is 10.0. The monoisotopic (exact) mass is 439 g/mol. The third-order valence-electron chi connectivity index (χ3n) is 5.25. The van der Waals surface area contributed by atoms with Crippen molar-refractivity contribution in [3.05, 3.63) is 86.4 Å². The number of hydrogen-bond acceptors (Lipinski definition) is 5. The number of nitrogens with one attached hydrogen (secondary N) is 1. The molecule has 1 N–H and O–H groups in total. The predicted molar refractivity (Wildman–Crippen MR) is 117 cm³/mol. The Balaban J connectivity index is 1.66. The summed E-state index contributed by atoms with van der Waals surface area (Å²) in [5, 5.41) is 2.11. The lowest BCUT2D eigenvalue weighted by Gasteiger charge is -2.30. The Morgan fingerprint density at radius 2 is 1.83 bits per heavy atom. The number of fused-ring (bicyclic) bond motifs is 2. The van der Waals surface area contributed by atoms with E-state index in [4.69, 9.17) is 0 Å². The van der Waals surface area contributed by atoms with Gasteiger partial charge in [0.15, 0.2) is 0 Å². The fraction of sp³-hybridized carbons (Fsp3) is 0.143. The number of thiophene rings is 1. The summed E-state index contributed by atoms with van der Waals surface area (Å²) >= 11 is 1.25. The normalized spacial score (nSPS) is 14.1. The molecule has 7 nitrogen and oxygen atoms in total. The highest BCUT2D eigenvalue weighted by Crippen LogP contribution is 2.32. The van der Waals surface area contributed by atoms with E-state index < -0.39 is 21.3 Å². The average molecular weight is 440 g/mol. The van der Waals surface area contributed by atoms with Crippen molar-refractivity contribution in [1.82, 2.24) is 9.55 Å². The van der Waals surface area contributed by atoms with Crippen LogP contribution in [-0.2, 0) is 16.4 Å². The van der Waals surface area contributed by atoms with Crippen LogP contribution in [0.2, 0.25) is 0 Å². The second-order valence-electron chi connectivity index (χ2n) is 7.04.